The molecule has 0 saturated carbocycles. The smallest absolute Gasteiger partial charge is 0.331 e. The molecule has 0 fully saturated rings. The second-order valence-corrected chi connectivity index (χ2v) is 6.86. The van der Waals surface area contributed by atoms with Crippen LogP contribution in [0.5, 0.6) is 0 Å². The van der Waals surface area contributed by atoms with Crippen molar-refractivity contribution in [3.05, 3.63) is 89.3 Å². The van der Waals surface area contributed by atoms with Gasteiger partial charge in [0.25, 0.3) is 0 Å². The summed E-state index contributed by atoms with van der Waals surface area (Å²) in [5.74, 6) is -0.755. The highest BCUT2D eigenvalue weighted by Gasteiger charge is 2.10. The molecule has 0 unspecified atom stereocenters. The Morgan fingerprint density at radius 2 is 1.93 bits per heavy atom. The molecule has 4 aromatic rings. The van der Waals surface area contributed by atoms with E-state index >= 15 is 0 Å². The van der Waals surface area contributed by atoms with Crippen molar-refractivity contribution in [3.8, 4) is 16.4 Å². The number of hydrogen-bond acceptors (Lipinski definition) is 6. The summed E-state index contributed by atoms with van der Waals surface area (Å²) < 4.78 is 19.8. The van der Waals surface area contributed by atoms with Crippen LogP contribution in [0.2, 0.25) is 0 Å². The molecular formula is C21H15FN4O2S. The number of hydrogen-bond donors (Lipinski definition) is 0. The minimum Gasteiger partial charge on any atom is -0.456 e. The fourth-order valence-corrected chi connectivity index (χ4v) is 3.26. The Bertz CT molecular complexity index is 1140. The number of nitrogens with zero attached hydrogens (tertiary/aromatic N) is 4. The lowest BCUT2D eigenvalue weighted by molar-refractivity contribution is -0.139. The predicted molar refractivity (Wildman–Crippen MR) is 108 cm³/mol. The van der Waals surface area contributed by atoms with Gasteiger partial charge < -0.3 is 4.74 Å². The third-order valence-electron chi connectivity index (χ3n) is 3.94. The SMILES string of the molecule is O=C(/C=C/c1ccccc1)OCc1cn(-c2nc(-c3ccc(F)cc3)cs2)nn1. The molecular weight excluding hydrogens is 391 g/mol. The molecule has 4 rings (SSSR count). The lowest BCUT2D eigenvalue weighted by Gasteiger charge is -1.98. The zero-order chi connectivity index (χ0) is 20.1. The Kier molecular flexibility index (Phi) is 5.53. The van der Waals surface area contributed by atoms with Crippen molar-refractivity contribution >= 4 is 23.4 Å². The second kappa shape index (κ2) is 8.57. The first-order valence-corrected chi connectivity index (χ1v) is 9.58. The number of carbonyl (C=O) groups is 1. The number of rotatable bonds is 6. The molecule has 6 nitrogen and oxygen atoms in total. The van der Waals surface area contributed by atoms with Crippen molar-refractivity contribution in [1.29, 1.82) is 0 Å². The van der Waals surface area contributed by atoms with Gasteiger partial charge in [0.1, 0.15) is 18.1 Å². The lowest BCUT2D eigenvalue weighted by atomic mass is 10.2. The molecule has 0 N–H and O–H groups in total. The van der Waals surface area contributed by atoms with E-state index < -0.39 is 5.97 Å². The van der Waals surface area contributed by atoms with Crippen LogP contribution >= 0.6 is 11.3 Å². The van der Waals surface area contributed by atoms with Crippen LogP contribution in [0.4, 0.5) is 4.39 Å². The Balaban J connectivity index is 1.37. The van der Waals surface area contributed by atoms with E-state index in [1.165, 1.54) is 34.2 Å². The standard InChI is InChI=1S/C21H15FN4O2S/c22-17-9-7-16(8-10-17)19-14-29-21(23-19)26-12-18(24-25-26)13-28-20(27)11-6-15-4-2-1-3-5-15/h1-12,14H,13H2/b11-6+. The van der Waals surface area contributed by atoms with Gasteiger partial charge in [-0.05, 0) is 35.9 Å². The Morgan fingerprint density at radius 1 is 1.14 bits per heavy atom. The highest BCUT2D eigenvalue weighted by Crippen LogP contribution is 2.24. The molecule has 2 aromatic carbocycles. The van der Waals surface area contributed by atoms with Crippen molar-refractivity contribution in [2.24, 2.45) is 0 Å². The zero-order valence-electron chi connectivity index (χ0n) is 15.1. The van der Waals surface area contributed by atoms with Crippen molar-refractivity contribution < 1.29 is 13.9 Å². The minimum absolute atomic E-state index is 0.00809. The number of thiazole rings is 1. The number of esters is 1. The van der Waals surface area contributed by atoms with E-state index in [0.29, 0.717) is 10.8 Å². The van der Waals surface area contributed by atoms with Crippen LogP contribution in [-0.4, -0.2) is 25.9 Å². The van der Waals surface area contributed by atoms with Gasteiger partial charge in [-0.15, -0.1) is 16.4 Å². The first-order chi connectivity index (χ1) is 14.2. The third-order valence-corrected chi connectivity index (χ3v) is 4.77. The molecule has 0 bridgehead atoms. The van der Waals surface area contributed by atoms with E-state index in [1.807, 2.05) is 35.7 Å². The van der Waals surface area contributed by atoms with Crippen LogP contribution in [0, 0.1) is 5.82 Å². The molecule has 0 aliphatic carbocycles. The maximum atomic E-state index is 13.1. The monoisotopic (exact) mass is 406 g/mol. The molecule has 0 spiro atoms. The average molecular weight is 406 g/mol. The van der Waals surface area contributed by atoms with Crippen LogP contribution in [0.15, 0.2) is 72.3 Å². The summed E-state index contributed by atoms with van der Waals surface area (Å²) in [6.45, 7) is 0.00809. The maximum Gasteiger partial charge on any atom is 0.331 e. The van der Waals surface area contributed by atoms with Crippen LogP contribution in [0.1, 0.15) is 11.3 Å². The third kappa shape index (κ3) is 4.80. The summed E-state index contributed by atoms with van der Waals surface area (Å²) in [6, 6.07) is 15.6. The van der Waals surface area contributed by atoms with Gasteiger partial charge >= 0.3 is 5.97 Å². The molecule has 0 atom stereocenters. The quantitative estimate of drug-likeness (QED) is 0.353. The average Bonchev–Trinajstić information content (AvgIpc) is 3.42. The fraction of sp³-hybridized carbons (Fsp3) is 0.0476. The summed E-state index contributed by atoms with van der Waals surface area (Å²) in [5.41, 5.74) is 2.95. The zero-order valence-corrected chi connectivity index (χ0v) is 15.9. The van der Waals surface area contributed by atoms with Crippen LogP contribution in [-0.2, 0) is 16.1 Å². The number of halogens is 1. The molecule has 144 valence electrons. The van der Waals surface area contributed by atoms with Crippen LogP contribution in [0.3, 0.4) is 0 Å². The molecule has 29 heavy (non-hydrogen) atoms. The normalized spacial score (nSPS) is 11.1. The minimum atomic E-state index is -0.462. The van der Waals surface area contributed by atoms with Gasteiger partial charge in [0.2, 0.25) is 5.13 Å². The fourth-order valence-electron chi connectivity index (χ4n) is 2.50. The van der Waals surface area contributed by atoms with Crippen molar-refractivity contribution in [2.45, 2.75) is 6.61 Å². The number of carbonyl (C=O) groups excluding carboxylic acids is 1. The van der Waals surface area contributed by atoms with Crippen LogP contribution in [0.25, 0.3) is 22.5 Å². The molecule has 8 heteroatoms. The van der Waals surface area contributed by atoms with E-state index in [1.54, 1.807) is 24.4 Å². The first kappa shape index (κ1) is 18.7. The van der Waals surface area contributed by atoms with Crippen molar-refractivity contribution in [2.75, 3.05) is 0 Å². The van der Waals surface area contributed by atoms with E-state index in [0.717, 1.165) is 16.8 Å². The molecule has 2 aromatic heterocycles. The Morgan fingerprint density at radius 3 is 2.72 bits per heavy atom. The van der Waals surface area contributed by atoms with Gasteiger partial charge in [-0.1, -0.05) is 35.5 Å². The van der Waals surface area contributed by atoms with Crippen molar-refractivity contribution in [1.82, 2.24) is 20.0 Å². The second-order valence-electron chi connectivity index (χ2n) is 6.03. The highest BCUT2D eigenvalue weighted by atomic mass is 32.1. The largest absolute Gasteiger partial charge is 0.456 e. The lowest BCUT2D eigenvalue weighted by Crippen LogP contribution is -2.01. The van der Waals surface area contributed by atoms with Gasteiger partial charge in [-0.2, -0.15) is 4.68 Å². The summed E-state index contributed by atoms with van der Waals surface area (Å²) in [5, 5.41) is 10.5. The Hall–Kier alpha value is -3.65. The summed E-state index contributed by atoms with van der Waals surface area (Å²) >= 11 is 1.38. The molecule has 0 aliphatic heterocycles. The summed E-state index contributed by atoms with van der Waals surface area (Å²) in [6.07, 6.45) is 4.71. The molecule has 0 radical (unpaired) electrons. The van der Waals surface area contributed by atoms with Gasteiger partial charge in [-0.3, -0.25) is 0 Å². The summed E-state index contributed by atoms with van der Waals surface area (Å²) in [4.78, 5) is 16.3. The highest BCUT2D eigenvalue weighted by molar-refractivity contribution is 7.12. The van der Waals surface area contributed by atoms with E-state index in [-0.39, 0.29) is 12.4 Å². The van der Waals surface area contributed by atoms with Crippen molar-refractivity contribution in [3.63, 3.8) is 0 Å². The molecule has 0 aliphatic rings. The molecule has 0 amide bonds. The Labute approximate surface area is 169 Å². The topological polar surface area (TPSA) is 69.9 Å². The van der Waals surface area contributed by atoms with E-state index in [9.17, 15) is 9.18 Å². The molecule has 0 saturated heterocycles. The summed E-state index contributed by atoms with van der Waals surface area (Å²) in [7, 11) is 0. The predicted octanol–water partition coefficient (Wildman–Crippen LogP) is 4.29. The first-order valence-electron chi connectivity index (χ1n) is 8.70. The van der Waals surface area contributed by atoms with Gasteiger partial charge in [-0.25, -0.2) is 14.2 Å². The number of benzene rings is 2. The van der Waals surface area contributed by atoms with Gasteiger partial charge in [0, 0.05) is 17.0 Å². The van der Waals surface area contributed by atoms with Gasteiger partial charge in [0.15, 0.2) is 0 Å². The molecule has 2 heterocycles. The number of ether oxygens (including phenoxy) is 1. The van der Waals surface area contributed by atoms with E-state index in [2.05, 4.69) is 15.3 Å². The van der Waals surface area contributed by atoms with E-state index in [4.69, 9.17) is 4.74 Å². The van der Waals surface area contributed by atoms with Crippen LogP contribution < -0.4 is 0 Å². The van der Waals surface area contributed by atoms with Gasteiger partial charge in [0.05, 0.1) is 11.9 Å². The number of aromatic nitrogens is 4. The maximum absolute atomic E-state index is 13.1.